The zero-order chi connectivity index (χ0) is 9.54. The number of benzene rings is 1. The largest absolute Gasteiger partial charge is 0.399 e. The van der Waals surface area contributed by atoms with Crippen LogP contribution in [0.3, 0.4) is 0 Å². The highest BCUT2D eigenvalue weighted by molar-refractivity contribution is 7.18. The van der Waals surface area contributed by atoms with Crippen LogP contribution in [-0.2, 0) is 6.42 Å². The number of nitrogens with two attached hydrogens (primary N) is 1. The third-order valence-electron chi connectivity index (χ3n) is 2.62. The second-order valence-electron chi connectivity index (χ2n) is 3.98. The van der Waals surface area contributed by atoms with Gasteiger partial charge in [0.25, 0.3) is 0 Å². The molecule has 2 aromatic rings. The van der Waals surface area contributed by atoms with Crippen molar-refractivity contribution in [1.82, 2.24) is 4.98 Å². The lowest BCUT2D eigenvalue weighted by Gasteiger charge is -1.89. The number of nitrogens with zero attached hydrogens (tertiary/aromatic N) is 1. The van der Waals surface area contributed by atoms with Crippen LogP contribution < -0.4 is 5.73 Å². The standard InChI is InChI=1S/C11H12N2S/c12-8-3-4-10-9(6-8)13-11(14-10)5-7-1-2-7/h3-4,6-7H,1-2,5,12H2. The molecule has 0 aliphatic heterocycles. The molecule has 0 saturated heterocycles. The summed E-state index contributed by atoms with van der Waals surface area (Å²) in [6.07, 6.45) is 3.94. The highest BCUT2D eigenvalue weighted by Gasteiger charge is 2.23. The maximum Gasteiger partial charge on any atom is 0.0941 e. The van der Waals surface area contributed by atoms with Crippen molar-refractivity contribution in [3.8, 4) is 0 Å². The fourth-order valence-electron chi connectivity index (χ4n) is 1.65. The Morgan fingerprint density at radius 1 is 1.43 bits per heavy atom. The van der Waals surface area contributed by atoms with E-state index in [4.69, 9.17) is 5.73 Å². The summed E-state index contributed by atoms with van der Waals surface area (Å²) in [5.74, 6) is 0.910. The lowest BCUT2D eigenvalue weighted by Crippen LogP contribution is -1.84. The highest BCUT2D eigenvalue weighted by Crippen LogP contribution is 2.35. The van der Waals surface area contributed by atoms with Crippen molar-refractivity contribution in [2.75, 3.05) is 5.73 Å². The predicted octanol–water partition coefficient (Wildman–Crippen LogP) is 2.83. The lowest BCUT2D eigenvalue weighted by atomic mass is 10.3. The molecule has 1 aromatic carbocycles. The number of nitrogen functional groups attached to an aromatic ring is 1. The summed E-state index contributed by atoms with van der Waals surface area (Å²) in [7, 11) is 0. The van der Waals surface area contributed by atoms with Crippen LogP contribution in [0, 0.1) is 5.92 Å². The first-order valence-corrected chi connectivity index (χ1v) is 5.78. The van der Waals surface area contributed by atoms with Crippen LogP contribution in [0.2, 0.25) is 0 Å². The maximum atomic E-state index is 5.71. The van der Waals surface area contributed by atoms with Gasteiger partial charge < -0.3 is 5.73 Å². The van der Waals surface area contributed by atoms with Crippen molar-refractivity contribution in [1.29, 1.82) is 0 Å². The van der Waals surface area contributed by atoms with Gasteiger partial charge in [-0.15, -0.1) is 11.3 Å². The number of thiazole rings is 1. The molecule has 3 rings (SSSR count). The number of fused-ring (bicyclic) bond motifs is 1. The summed E-state index contributed by atoms with van der Waals surface area (Å²) >= 11 is 1.81. The van der Waals surface area contributed by atoms with Crippen LogP contribution in [0.25, 0.3) is 10.2 Å². The molecule has 0 spiro atoms. The van der Waals surface area contributed by atoms with Crippen molar-refractivity contribution in [2.24, 2.45) is 5.92 Å². The van der Waals surface area contributed by atoms with E-state index in [1.54, 1.807) is 0 Å². The summed E-state index contributed by atoms with van der Waals surface area (Å²) in [6.45, 7) is 0. The van der Waals surface area contributed by atoms with Crippen LogP contribution in [0.4, 0.5) is 5.69 Å². The van der Waals surface area contributed by atoms with Crippen LogP contribution >= 0.6 is 11.3 Å². The molecule has 3 heteroatoms. The molecule has 1 saturated carbocycles. The van der Waals surface area contributed by atoms with Crippen LogP contribution in [0.5, 0.6) is 0 Å². The molecule has 1 fully saturated rings. The highest BCUT2D eigenvalue weighted by atomic mass is 32.1. The summed E-state index contributed by atoms with van der Waals surface area (Å²) in [5, 5.41) is 1.27. The molecule has 1 heterocycles. The average molecular weight is 204 g/mol. The first-order chi connectivity index (χ1) is 6.81. The Labute approximate surface area is 86.8 Å². The number of anilines is 1. The van der Waals surface area contributed by atoms with Crippen molar-refractivity contribution < 1.29 is 0 Å². The van der Waals surface area contributed by atoms with E-state index in [1.165, 1.54) is 29.0 Å². The third-order valence-corrected chi connectivity index (χ3v) is 3.67. The van der Waals surface area contributed by atoms with Crippen LogP contribution in [-0.4, -0.2) is 4.98 Å². The Balaban J connectivity index is 2.01. The number of aromatic nitrogens is 1. The van der Waals surface area contributed by atoms with Gasteiger partial charge in [-0.25, -0.2) is 4.98 Å². The van der Waals surface area contributed by atoms with Crippen molar-refractivity contribution in [3.63, 3.8) is 0 Å². The van der Waals surface area contributed by atoms with E-state index >= 15 is 0 Å². The summed E-state index contributed by atoms with van der Waals surface area (Å²) in [4.78, 5) is 4.59. The molecule has 0 unspecified atom stereocenters. The number of hydrogen-bond acceptors (Lipinski definition) is 3. The van der Waals surface area contributed by atoms with Gasteiger partial charge >= 0.3 is 0 Å². The van der Waals surface area contributed by atoms with E-state index in [-0.39, 0.29) is 0 Å². The smallest absolute Gasteiger partial charge is 0.0941 e. The Morgan fingerprint density at radius 3 is 3.07 bits per heavy atom. The predicted molar refractivity (Wildman–Crippen MR) is 60.5 cm³/mol. The van der Waals surface area contributed by atoms with Gasteiger partial charge in [0, 0.05) is 12.1 Å². The molecule has 0 bridgehead atoms. The van der Waals surface area contributed by atoms with Gasteiger partial charge in [0.1, 0.15) is 0 Å². The van der Waals surface area contributed by atoms with Crippen LogP contribution in [0.15, 0.2) is 18.2 Å². The molecule has 1 aliphatic carbocycles. The maximum absolute atomic E-state index is 5.71. The van der Waals surface area contributed by atoms with E-state index < -0.39 is 0 Å². The van der Waals surface area contributed by atoms with E-state index in [1.807, 2.05) is 23.5 Å². The van der Waals surface area contributed by atoms with Crippen molar-refractivity contribution in [2.45, 2.75) is 19.3 Å². The minimum Gasteiger partial charge on any atom is -0.399 e. The van der Waals surface area contributed by atoms with Gasteiger partial charge in [0.2, 0.25) is 0 Å². The zero-order valence-electron chi connectivity index (χ0n) is 7.86. The molecule has 0 radical (unpaired) electrons. The summed E-state index contributed by atoms with van der Waals surface area (Å²) in [5.41, 5.74) is 7.58. The molecule has 0 amide bonds. The average Bonchev–Trinajstić information content (AvgIpc) is 2.84. The summed E-state index contributed by atoms with van der Waals surface area (Å²) < 4.78 is 1.26. The first-order valence-electron chi connectivity index (χ1n) is 4.96. The SMILES string of the molecule is Nc1ccc2sc(CC3CC3)nc2c1. The van der Waals surface area contributed by atoms with Gasteiger partial charge in [-0.1, -0.05) is 0 Å². The zero-order valence-corrected chi connectivity index (χ0v) is 8.68. The second-order valence-corrected chi connectivity index (χ2v) is 5.10. The fraction of sp³-hybridized carbons (Fsp3) is 0.364. The van der Waals surface area contributed by atoms with Gasteiger partial charge in [-0.2, -0.15) is 0 Å². The molecular formula is C11H12N2S. The Morgan fingerprint density at radius 2 is 2.29 bits per heavy atom. The summed E-state index contributed by atoms with van der Waals surface area (Å²) in [6, 6.07) is 5.97. The third kappa shape index (κ3) is 1.48. The Hall–Kier alpha value is -1.09. The molecule has 2 N–H and O–H groups in total. The molecule has 14 heavy (non-hydrogen) atoms. The topological polar surface area (TPSA) is 38.9 Å². The Kier molecular flexibility index (Phi) is 1.74. The normalized spacial score (nSPS) is 16.3. The molecule has 0 atom stereocenters. The quantitative estimate of drug-likeness (QED) is 0.764. The monoisotopic (exact) mass is 204 g/mol. The molecule has 1 aliphatic rings. The second kappa shape index (κ2) is 2.95. The number of rotatable bonds is 2. The van der Waals surface area contributed by atoms with Gasteiger partial charge in [-0.3, -0.25) is 0 Å². The first kappa shape index (κ1) is 8.24. The van der Waals surface area contributed by atoms with Crippen molar-refractivity contribution in [3.05, 3.63) is 23.2 Å². The molecule has 2 nitrogen and oxygen atoms in total. The van der Waals surface area contributed by atoms with Gasteiger partial charge in [0.15, 0.2) is 0 Å². The molecule has 1 aromatic heterocycles. The Bertz CT molecular complexity index is 471. The van der Waals surface area contributed by atoms with Crippen LogP contribution in [0.1, 0.15) is 17.8 Å². The van der Waals surface area contributed by atoms with E-state index in [0.717, 1.165) is 17.1 Å². The molecular weight excluding hydrogens is 192 g/mol. The fourth-order valence-corrected chi connectivity index (χ4v) is 2.71. The van der Waals surface area contributed by atoms with Gasteiger partial charge in [-0.05, 0) is 37.0 Å². The van der Waals surface area contributed by atoms with E-state index in [2.05, 4.69) is 11.1 Å². The molecule has 72 valence electrons. The minimum atomic E-state index is 0.806. The number of hydrogen-bond donors (Lipinski definition) is 1. The van der Waals surface area contributed by atoms with Crippen molar-refractivity contribution >= 4 is 27.2 Å². The van der Waals surface area contributed by atoms with Gasteiger partial charge in [0.05, 0.1) is 15.2 Å². The van der Waals surface area contributed by atoms with E-state index in [9.17, 15) is 0 Å². The lowest BCUT2D eigenvalue weighted by molar-refractivity contribution is 0.826. The van der Waals surface area contributed by atoms with E-state index in [0.29, 0.717) is 0 Å². The minimum absolute atomic E-state index is 0.806.